The maximum Gasteiger partial charge on any atom is 0.189 e. The van der Waals surface area contributed by atoms with Crippen molar-refractivity contribution in [2.45, 2.75) is 25.0 Å². The molecule has 0 aromatic carbocycles. The summed E-state index contributed by atoms with van der Waals surface area (Å²) < 4.78 is 5.59. The molecular weight excluding hydrogens is 222 g/mol. The van der Waals surface area contributed by atoms with Crippen LogP contribution in [0.25, 0.3) is 0 Å². The van der Waals surface area contributed by atoms with Crippen molar-refractivity contribution in [1.29, 1.82) is 5.41 Å². The topological polar surface area (TPSA) is 120 Å². The maximum absolute atomic E-state index is 8.98. The average Bonchev–Trinajstić information content (AvgIpc) is 2.98. The van der Waals surface area contributed by atoms with Crippen LogP contribution in [0.2, 0.25) is 0 Å². The lowest BCUT2D eigenvalue weighted by Crippen LogP contribution is -2.11. The minimum absolute atomic E-state index is 0.0181. The summed E-state index contributed by atoms with van der Waals surface area (Å²) in [4.78, 5) is 10.6. The summed E-state index contributed by atoms with van der Waals surface area (Å²) in [6.07, 6.45) is 4.14. The van der Waals surface area contributed by atoms with Gasteiger partial charge in [-0.25, -0.2) is 9.98 Å². The van der Waals surface area contributed by atoms with Crippen molar-refractivity contribution in [2.24, 2.45) is 10.7 Å². The molecule has 1 aromatic rings. The number of nitrogens with two attached hydrogens (primary N) is 1. The van der Waals surface area contributed by atoms with Crippen LogP contribution >= 0.6 is 0 Å². The van der Waals surface area contributed by atoms with E-state index in [1.54, 1.807) is 6.20 Å². The standard InChI is InChI=1S/C10H15N5O2/c11-5-14-9(12)10-13-3-7(15-10)8-2-1-6(4-16)17-8/h3,5-6,8,16H,1-2,4H2,(H,13,15)(H3,11,12,14)/t6-,8+/m0/s1. The first-order valence-corrected chi connectivity index (χ1v) is 5.39. The van der Waals surface area contributed by atoms with Gasteiger partial charge in [-0.1, -0.05) is 0 Å². The van der Waals surface area contributed by atoms with Crippen LogP contribution in [0.1, 0.15) is 30.5 Å². The number of aliphatic hydroxyl groups excluding tert-OH is 1. The highest BCUT2D eigenvalue weighted by Gasteiger charge is 2.27. The quantitative estimate of drug-likeness (QED) is 0.434. The molecule has 1 saturated heterocycles. The minimum atomic E-state index is -0.103. The van der Waals surface area contributed by atoms with Gasteiger partial charge in [0.1, 0.15) is 0 Å². The first kappa shape index (κ1) is 11.7. The van der Waals surface area contributed by atoms with E-state index in [1.165, 1.54) is 0 Å². The molecule has 7 nitrogen and oxygen atoms in total. The van der Waals surface area contributed by atoms with Crippen LogP contribution in [-0.2, 0) is 4.74 Å². The Balaban J connectivity index is 2.06. The maximum atomic E-state index is 8.98. The molecule has 5 N–H and O–H groups in total. The Labute approximate surface area is 98.2 Å². The highest BCUT2D eigenvalue weighted by Crippen LogP contribution is 2.31. The summed E-state index contributed by atoms with van der Waals surface area (Å²) in [5.41, 5.74) is 5.90. The number of aromatic amines is 1. The number of ether oxygens (including phenoxy) is 1. The highest BCUT2D eigenvalue weighted by molar-refractivity contribution is 5.97. The number of imidazole rings is 1. The van der Waals surface area contributed by atoms with E-state index in [2.05, 4.69) is 15.0 Å². The normalized spacial score (nSPS) is 24.5. The van der Waals surface area contributed by atoms with E-state index in [4.69, 9.17) is 21.0 Å². The molecule has 0 unspecified atom stereocenters. The second-order valence-corrected chi connectivity index (χ2v) is 3.82. The fourth-order valence-corrected chi connectivity index (χ4v) is 1.82. The molecule has 0 bridgehead atoms. The van der Waals surface area contributed by atoms with Crippen LogP contribution in [0.3, 0.4) is 0 Å². The fraction of sp³-hybridized carbons (Fsp3) is 0.500. The first-order chi connectivity index (χ1) is 8.24. The van der Waals surface area contributed by atoms with Gasteiger partial charge in [-0.2, -0.15) is 0 Å². The Bertz CT molecular complexity index is 428. The van der Waals surface area contributed by atoms with Crippen LogP contribution in [0, 0.1) is 5.41 Å². The van der Waals surface area contributed by atoms with Gasteiger partial charge in [-0.15, -0.1) is 0 Å². The SMILES string of the molecule is N=C(N=CN)c1ncc([C@H]2CC[C@@H](CO)O2)[nH]1. The third kappa shape index (κ3) is 2.51. The molecule has 0 amide bonds. The molecule has 2 rings (SSSR count). The molecular formula is C10H15N5O2. The molecule has 1 fully saturated rings. The first-order valence-electron chi connectivity index (χ1n) is 5.39. The number of hydrogen-bond acceptors (Lipinski definition) is 4. The predicted octanol–water partition coefficient (Wildman–Crippen LogP) is -0.0655. The summed E-state index contributed by atoms with van der Waals surface area (Å²) in [7, 11) is 0. The lowest BCUT2D eigenvalue weighted by Gasteiger charge is -2.09. The number of aliphatic hydroxyl groups is 1. The van der Waals surface area contributed by atoms with Crippen LogP contribution in [0.15, 0.2) is 11.2 Å². The molecule has 17 heavy (non-hydrogen) atoms. The Hall–Kier alpha value is -1.73. The number of nitrogens with zero attached hydrogens (tertiary/aromatic N) is 2. The number of nitrogens with one attached hydrogen (secondary N) is 2. The number of amidine groups is 1. The lowest BCUT2D eigenvalue weighted by molar-refractivity contribution is 0.00939. The van der Waals surface area contributed by atoms with E-state index in [9.17, 15) is 0 Å². The van der Waals surface area contributed by atoms with Gasteiger partial charge >= 0.3 is 0 Å². The Kier molecular flexibility index (Phi) is 3.50. The lowest BCUT2D eigenvalue weighted by atomic mass is 10.1. The largest absolute Gasteiger partial charge is 0.394 e. The Morgan fingerprint density at radius 3 is 3.24 bits per heavy atom. The number of rotatable bonds is 3. The van der Waals surface area contributed by atoms with Crippen LogP contribution in [0.4, 0.5) is 0 Å². The van der Waals surface area contributed by atoms with Gasteiger partial charge in [0.05, 0.1) is 37.0 Å². The second-order valence-electron chi connectivity index (χ2n) is 3.82. The highest BCUT2D eigenvalue weighted by atomic mass is 16.5. The molecule has 0 saturated carbocycles. The van der Waals surface area contributed by atoms with E-state index in [0.717, 1.165) is 24.9 Å². The van der Waals surface area contributed by atoms with E-state index in [1.807, 2.05) is 0 Å². The van der Waals surface area contributed by atoms with Crippen LogP contribution < -0.4 is 5.73 Å². The van der Waals surface area contributed by atoms with Crippen molar-refractivity contribution in [3.8, 4) is 0 Å². The number of hydrogen-bond donors (Lipinski definition) is 4. The van der Waals surface area contributed by atoms with Crippen LogP contribution in [0.5, 0.6) is 0 Å². The van der Waals surface area contributed by atoms with Crippen molar-refractivity contribution in [3.63, 3.8) is 0 Å². The van der Waals surface area contributed by atoms with Gasteiger partial charge < -0.3 is 20.6 Å². The summed E-state index contributed by atoms with van der Waals surface area (Å²) in [5, 5.41) is 16.5. The molecule has 1 aromatic heterocycles. The van der Waals surface area contributed by atoms with Crippen molar-refractivity contribution >= 4 is 12.2 Å². The predicted molar refractivity (Wildman–Crippen MR) is 62.0 cm³/mol. The molecule has 92 valence electrons. The molecule has 2 atom stereocenters. The Morgan fingerprint density at radius 2 is 2.59 bits per heavy atom. The second kappa shape index (κ2) is 5.07. The molecule has 0 radical (unpaired) electrons. The van der Waals surface area contributed by atoms with Gasteiger partial charge in [0.15, 0.2) is 11.7 Å². The summed E-state index contributed by atoms with van der Waals surface area (Å²) in [6.45, 7) is 0.0325. The minimum Gasteiger partial charge on any atom is -0.394 e. The third-order valence-corrected chi connectivity index (χ3v) is 2.68. The molecule has 2 heterocycles. The van der Waals surface area contributed by atoms with Gasteiger partial charge in [-0.05, 0) is 12.8 Å². The zero-order valence-corrected chi connectivity index (χ0v) is 9.26. The summed E-state index contributed by atoms with van der Waals surface area (Å²) >= 11 is 0. The van der Waals surface area contributed by atoms with Crippen LogP contribution in [-0.4, -0.2) is 40.0 Å². The van der Waals surface area contributed by atoms with E-state index < -0.39 is 0 Å². The van der Waals surface area contributed by atoms with Gasteiger partial charge in [0.2, 0.25) is 0 Å². The smallest absolute Gasteiger partial charge is 0.189 e. The number of H-pyrrole nitrogens is 1. The summed E-state index contributed by atoms with van der Waals surface area (Å²) in [6, 6.07) is 0. The van der Waals surface area contributed by atoms with Gasteiger partial charge in [0.25, 0.3) is 0 Å². The fourth-order valence-electron chi connectivity index (χ4n) is 1.82. The van der Waals surface area contributed by atoms with Crippen molar-refractivity contribution < 1.29 is 9.84 Å². The van der Waals surface area contributed by atoms with E-state index in [-0.39, 0.29) is 24.7 Å². The van der Waals surface area contributed by atoms with E-state index in [0.29, 0.717) is 5.82 Å². The van der Waals surface area contributed by atoms with Gasteiger partial charge in [0, 0.05) is 0 Å². The zero-order chi connectivity index (χ0) is 12.3. The average molecular weight is 237 g/mol. The monoisotopic (exact) mass is 237 g/mol. The van der Waals surface area contributed by atoms with Crippen molar-refractivity contribution in [1.82, 2.24) is 9.97 Å². The van der Waals surface area contributed by atoms with E-state index >= 15 is 0 Å². The molecule has 1 aliphatic rings. The molecule has 0 aliphatic carbocycles. The molecule has 0 spiro atoms. The molecule has 1 aliphatic heterocycles. The number of aromatic nitrogens is 2. The van der Waals surface area contributed by atoms with Gasteiger partial charge in [-0.3, -0.25) is 5.41 Å². The number of aliphatic imine (C=N–C) groups is 1. The van der Waals surface area contributed by atoms with Crippen molar-refractivity contribution in [3.05, 3.63) is 17.7 Å². The summed E-state index contributed by atoms with van der Waals surface area (Å²) in [5.74, 6) is 0.341. The third-order valence-electron chi connectivity index (χ3n) is 2.68. The Morgan fingerprint density at radius 1 is 1.76 bits per heavy atom. The van der Waals surface area contributed by atoms with Crippen molar-refractivity contribution in [2.75, 3.05) is 6.61 Å². The zero-order valence-electron chi connectivity index (χ0n) is 9.26. The molecule has 7 heteroatoms.